The average Bonchev–Trinajstić information content (AvgIpc) is 3.53. The maximum Gasteiger partial charge on any atom is 0.172 e. The molecule has 0 aromatic rings. The molecule has 0 N–H and O–H groups in total. The van der Waals surface area contributed by atoms with E-state index < -0.39 is 11.6 Å². The molecule has 4 heterocycles. The summed E-state index contributed by atoms with van der Waals surface area (Å²) in [5, 5.41) is 1.24. The van der Waals surface area contributed by atoms with Crippen molar-refractivity contribution in [1.29, 1.82) is 0 Å². The fourth-order valence-electron chi connectivity index (χ4n) is 18.0. The van der Waals surface area contributed by atoms with Crippen LogP contribution in [0.3, 0.4) is 0 Å². The van der Waals surface area contributed by atoms with Gasteiger partial charge in [-0.15, -0.1) is 9.24 Å². The molecule has 8 saturated carbocycles. The summed E-state index contributed by atoms with van der Waals surface area (Å²) >= 11 is 0. The van der Waals surface area contributed by atoms with Crippen molar-refractivity contribution in [3.05, 3.63) is 48.1 Å². The van der Waals surface area contributed by atoms with Gasteiger partial charge in [-0.1, -0.05) is 56.0 Å². The van der Waals surface area contributed by atoms with E-state index in [1.54, 1.807) is 82.6 Å². The Labute approximate surface area is 300 Å². The molecule has 0 radical (unpaired) electrons. The molecule has 0 amide bonds. The molecule has 4 aliphatic heterocycles. The molecule has 12 fully saturated rings. The molecule has 10 aliphatic carbocycles. The van der Waals surface area contributed by atoms with Gasteiger partial charge in [-0.2, -0.15) is 0 Å². The van der Waals surface area contributed by atoms with E-state index in [0.717, 1.165) is 60.9 Å². The number of rotatable bonds is 7. The fraction of sp³-hybridized carbons (Fsp3) is 0.818. The molecule has 14 aliphatic rings. The predicted molar refractivity (Wildman–Crippen MR) is 203 cm³/mol. The molecule has 266 valence electrons. The van der Waals surface area contributed by atoms with Gasteiger partial charge in [-0.05, 0) is 175 Å². The van der Waals surface area contributed by atoms with Crippen LogP contribution in [0.4, 0.5) is 0 Å². The van der Waals surface area contributed by atoms with E-state index in [0.29, 0.717) is 16.2 Å². The molecule has 0 spiro atoms. The van der Waals surface area contributed by atoms with Crippen LogP contribution in [0.2, 0.25) is 0 Å². The third-order valence-corrected chi connectivity index (χ3v) is 22.4. The zero-order valence-corrected chi connectivity index (χ0v) is 32.9. The summed E-state index contributed by atoms with van der Waals surface area (Å²) in [6.45, 7) is 9.36. The smallest absolute Gasteiger partial charge is 0.172 e. The summed E-state index contributed by atoms with van der Waals surface area (Å²) in [5.41, 5.74) is 0.409. The third-order valence-electron chi connectivity index (χ3n) is 17.7. The van der Waals surface area contributed by atoms with Crippen LogP contribution in [0, 0.1) is 52.3 Å². The molecular formula is C44H62O3P2. The normalized spacial score (nSPS) is 60.5. The molecule has 49 heavy (non-hydrogen) atoms. The van der Waals surface area contributed by atoms with Crippen molar-refractivity contribution in [2.45, 2.75) is 157 Å². The fourth-order valence-corrected chi connectivity index (χ4v) is 24.7. The quantitative estimate of drug-likeness (QED) is 0.248. The van der Waals surface area contributed by atoms with Crippen molar-refractivity contribution in [1.82, 2.24) is 0 Å². The Kier molecular flexibility index (Phi) is 6.60. The van der Waals surface area contributed by atoms with Crippen LogP contribution in [-0.4, -0.2) is 45.4 Å². The first kappa shape index (κ1) is 32.2. The summed E-state index contributed by atoms with van der Waals surface area (Å²) in [7, 11) is 3.15. The number of hydrogen-bond donors (Lipinski definition) is 0. The summed E-state index contributed by atoms with van der Waals surface area (Å²) in [6, 6.07) is 0. The van der Waals surface area contributed by atoms with E-state index in [1.165, 1.54) is 6.16 Å². The maximum absolute atomic E-state index is 7.41. The minimum atomic E-state index is -0.615. The SMILES string of the molecule is CC12CC3(C)OC(C)(CC(C)(O1)C3(CP)C1(C3=CC=CC3)C=CC=CC1CP(C13CC4CC(CC(C4)C1)C3)C13CC4CC(CC(C4)C1)C3)O2. The molecule has 4 saturated heterocycles. The first-order chi connectivity index (χ1) is 23.4. The van der Waals surface area contributed by atoms with Gasteiger partial charge in [0.1, 0.15) is 0 Å². The van der Waals surface area contributed by atoms with Crippen LogP contribution >= 0.6 is 17.2 Å². The molecular weight excluding hydrogens is 638 g/mol. The molecule has 0 aromatic carbocycles. The van der Waals surface area contributed by atoms with E-state index in [2.05, 4.69) is 79.5 Å². The van der Waals surface area contributed by atoms with Crippen LogP contribution in [0.1, 0.15) is 124 Å². The van der Waals surface area contributed by atoms with Gasteiger partial charge >= 0.3 is 0 Å². The summed E-state index contributed by atoms with van der Waals surface area (Å²) < 4.78 is 21.5. The topological polar surface area (TPSA) is 27.7 Å². The first-order valence-electron chi connectivity index (χ1n) is 20.7. The lowest BCUT2D eigenvalue weighted by Crippen LogP contribution is -2.86. The zero-order chi connectivity index (χ0) is 33.3. The van der Waals surface area contributed by atoms with Crippen LogP contribution in [-0.2, 0) is 14.2 Å². The zero-order valence-electron chi connectivity index (χ0n) is 30.9. The van der Waals surface area contributed by atoms with Crippen LogP contribution < -0.4 is 0 Å². The van der Waals surface area contributed by atoms with E-state index in [-0.39, 0.29) is 30.0 Å². The van der Waals surface area contributed by atoms with E-state index in [1.807, 2.05) is 0 Å². The van der Waals surface area contributed by atoms with Gasteiger partial charge in [-0.25, -0.2) is 0 Å². The van der Waals surface area contributed by atoms with Crippen LogP contribution in [0.15, 0.2) is 48.1 Å². The lowest BCUT2D eigenvalue weighted by Gasteiger charge is -2.79. The van der Waals surface area contributed by atoms with Gasteiger partial charge in [-0.3, -0.25) is 0 Å². The average molecular weight is 701 g/mol. The van der Waals surface area contributed by atoms with Gasteiger partial charge in [0, 0.05) is 23.7 Å². The van der Waals surface area contributed by atoms with E-state index in [9.17, 15) is 0 Å². The second kappa shape index (κ2) is 10.1. The largest absolute Gasteiger partial charge is 0.343 e. The van der Waals surface area contributed by atoms with Crippen molar-refractivity contribution in [3.63, 3.8) is 0 Å². The summed E-state index contributed by atoms with van der Waals surface area (Å²) in [6.07, 6.45) is 41.4. The van der Waals surface area contributed by atoms with Crippen molar-refractivity contribution < 1.29 is 14.2 Å². The Hall–Kier alpha value is -0.300. The van der Waals surface area contributed by atoms with Crippen LogP contribution in [0.25, 0.3) is 0 Å². The van der Waals surface area contributed by atoms with E-state index in [4.69, 9.17) is 14.2 Å². The Morgan fingerprint density at radius 3 is 1.59 bits per heavy atom. The Bertz CT molecular complexity index is 1410. The number of ether oxygens (including phenoxy) is 3. The standard InChI is InChI=1S/C44H62O3P2/c1-37-26-39(3)46-38(2,27-40(4,45-37)47-39)44(37,28-48)43(35-9-5-6-10-35)12-8-7-11-36(43)25-49(41-19-29-13-30(20-41)15-31(14-29)21-41)42-22-32-16-33(23-42)18-34(17-32)24-42/h5-9,11-12,29-34,36H,10,13-28,48H2,1-4H3. The van der Waals surface area contributed by atoms with E-state index >= 15 is 0 Å². The van der Waals surface area contributed by atoms with Crippen LogP contribution in [0.5, 0.6) is 0 Å². The summed E-state index contributed by atoms with van der Waals surface area (Å²) in [4.78, 5) is 0. The summed E-state index contributed by atoms with van der Waals surface area (Å²) in [5.74, 6) is 5.32. The molecule has 14 rings (SSSR count). The Morgan fingerprint density at radius 1 is 0.673 bits per heavy atom. The lowest BCUT2D eigenvalue weighted by molar-refractivity contribution is -0.551. The van der Waals surface area contributed by atoms with Gasteiger partial charge in [0.25, 0.3) is 0 Å². The molecule has 7 atom stereocenters. The predicted octanol–water partition coefficient (Wildman–Crippen LogP) is 10.7. The second-order valence-corrected chi connectivity index (χ2v) is 24.5. The van der Waals surface area contributed by atoms with Gasteiger partial charge in [0.05, 0.1) is 11.2 Å². The minimum absolute atomic E-state index is 0.167. The molecule has 5 heteroatoms. The van der Waals surface area contributed by atoms with Gasteiger partial charge in [0.15, 0.2) is 11.6 Å². The van der Waals surface area contributed by atoms with Crippen molar-refractivity contribution in [3.8, 4) is 0 Å². The Balaban J connectivity index is 1.09. The molecule has 7 unspecified atom stereocenters. The highest BCUT2D eigenvalue weighted by Gasteiger charge is 2.82. The highest BCUT2D eigenvalue weighted by atomic mass is 31.1. The monoisotopic (exact) mass is 700 g/mol. The van der Waals surface area contributed by atoms with Gasteiger partial charge in [0.2, 0.25) is 0 Å². The third kappa shape index (κ3) is 4.06. The molecule has 0 aromatic heterocycles. The first-order valence-corrected chi connectivity index (χ1v) is 23.0. The Morgan fingerprint density at radius 2 is 1.16 bits per heavy atom. The number of hydrogen-bond acceptors (Lipinski definition) is 3. The van der Waals surface area contributed by atoms with Crippen molar-refractivity contribution >= 4 is 17.2 Å². The van der Waals surface area contributed by atoms with Crippen molar-refractivity contribution in [2.75, 3.05) is 12.3 Å². The maximum atomic E-state index is 7.41. The lowest BCUT2D eigenvalue weighted by atomic mass is 9.40. The minimum Gasteiger partial charge on any atom is -0.343 e. The second-order valence-electron chi connectivity index (χ2n) is 20.9. The van der Waals surface area contributed by atoms with Crippen molar-refractivity contribution in [2.24, 2.45) is 52.3 Å². The highest BCUT2D eigenvalue weighted by Crippen LogP contribution is 2.82. The highest BCUT2D eigenvalue weighted by molar-refractivity contribution is 7.61. The number of allylic oxidation sites excluding steroid dienone is 8. The molecule has 12 bridgehead atoms. The van der Waals surface area contributed by atoms with Gasteiger partial charge < -0.3 is 14.2 Å². The molecule has 3 nitrogen and oxygen atoms in total.